The molecule has 92 valence electrons. The Bertz CT molecular complexity index is 496. The first-order valence-corrected chi connectivity index (χ1v) is 6.61. The largest absolute Gasteiger partial charge is 0.494 e. The van der Waals surface area contributed by atoms with Crippen LogP contribution in [0.3, 0.4) is 0 Å². The Morgan fingerprint density at radius 3 is 3.06 bits per heavy atom. The van der Waals surface area contributed by atoms with E-state index in [9.17, 15) is 5.11 Å². The molecule has 17 heavy (non-hydrogen) atoms. The number of imidazole rings is 1. The van der Waals surface area contributed by atoms with Crippen molar-refractivity contribution in [3.63, 3.8) is 0 Å². The molecular formula is C12H16N2O2S. The molecule has 2 N–H and O–H groups in total. The lowest BCUT2D eigenvalue weighted by molar-refractivity contribution is 0.220. The number of hydrogen-bond acceptors (Lipinski definition) is 4. The highest BCUT2D eigenvalue weighted by Crippen LogP contribution is 2.23. The highest BCUT2D eigenvalue weighted by atomic mass is 32.2. The summed E-state index contributed by atoms with van der Waals surface area (Å²) in [6.45, 7) is 4.38. The quantitative estimate of drug-likeness (QED) is 0.802. The van der Waals surface area contributed by atoms with Crippen LogP contribution in [0, 0.1) is 0 Å². The number of ether oxygens (including phenoxy) is 1. The second kappa shape index (κ2) is 5.42. The maximum atomic E-state index is 9.22. The zero-order valence-electron chi connectivity index (χ0n) is 9.93. The summed E-state index contributed by atoms with van der Waals surface area (Å²) in [7, 11) is 0. The monoisotopic (exact) mass is 252 g/mol. The van der Waals surface area contributed by atoms with Gasteiger partial charge in [-0.2, -0.15) is 0 Å². The van der Waals surface area contributed by atoms with Gasteiger partial charge in [-0.15, -0.1) is 0 Å². The Labute approximate surface area is 104 Å². The van der Waals surface area contributed by atoms with Gasteiger partial charge in [0.05, 0.1) is 23.7 Å². The number of rotatable bonds is 5. The normalized spacial score (nSPS) is 12.9. The third kappa shape index (κ3) is 3.14. The van der Waals surface area contributed by atoms with E-state index in [1.807, 2.05) is 25.1 Å². The van der Waals surface area contributed by atoms with Crippen molar-refractivity contribution >= 4 is 22.8 Å². The number of hydrogen-bond donors (Lipinski definition) is 2. The van der Waals surface area contributed by atoms with Crippen LogP contribution in [0.15, 0.2) is 23.4 Å². The molecule has 0 aliphatic heterocycles. The first kappa shape index (κ1) is 12.3. The van der Waals surface area contributed by atoms with Crippen LogP contribution in [-0.2, 0) is 0 Å². The summed E-state index contributed by atoms with van der Waals surface area (Å²) < 4.78 is 5.43. The fourth-order valence-corrected chi connectivity index (χ4v) is 2.23. The van der Waals surface area contributed by atoms with Crippen molar-refractivity contribution in [1.29, 1.82) is 0 Å². The number of fused-ring (bicyclic) bond motifs is 1. The minimum absolute atomic E-state index is 0.327. The first-order chi connectivity index (χ1) is 8.19. The van der Waals surface area contributed by atoms with E-state index >= 15 is 0 Å². The molecule has 0 aliphatic carbocycles. The van der Waals surface area contributed by atoms with Crippen LogP contribution < -0.4 is 4.74 Å². The predicted octanol–water partition coefficient (Wildman–Crippen LogP) is 2.43. The molecule has 2 rings (SSSR count). The van der Waals surface area contributed by atoms with Crippen LogP contribution in [0.25, 0.3) is 11.0 Å². The van der Waals surface area contributed by atoms with Gasteiger partial charge in [0.15, 0.2) is 5.16 Å². The zero-order valence-corrected chi connectivity index (χ0v) is 10.8. The predicted molar refractivity (Wildman–Crippen MR) is 69.7 cm³/mol. The van der Waals surface area contributed by atoms with Crippen LogP contribution in [0.5, 0.6) is 5.75 Å². The first-order valence-electron chi connectivity index (χ1n) is 5.62. The molecule has 2 aromatic rings. The van der Waals surface area contributed by atoms with Crippen molar-refractivity contribution in [2.45, 2.75) is 25.1 Å². The van der Waals surface area contributed by atoms with Gasteiger partial charge in [0.1, 0.15) is 5.75 Å². The topological polar surface area (TPSA) is 58.1 Å². The Hall–Kier alpha value is -1.20. The lowest BCUT2D eigenvalue weighted by atomic mass is 10.3. The molecule has 4 nitrogen and oxygen atoms in total. The Kier molecular flexibility index (Phi) is 3.91. The molecule has 0 aliphatic rings. The van der Waals surface area contributed by atoms with Gasteiger partial charge in [0, 0.05) is 11.8 Å². The lowest BCUT2D eigenvalue weighted by Crippen LogP contribution is -2.02. The molecule has 0 unspecified atom stereocenters. The van der Waals surface area contributed by atoms with Crippen LogP contribution >= 0.6 is 11.8 Å². The second-order valence-electron chi connectivity index (χ2n) is 3.81. The number of benzene rings is 1. The van der Waals surface area contributed by atoms with Gasteiger partial charge in [-0.05, 0) is 26.0 Å². The standard InChI is InChI=1S/C12H16N2O2S/c1-3-16-9-4-5-10-11(6-9)14-12(13-10)17-7-8(2)15/h4-6,8,15H,3,7H2,1-2H3,(H,13,14)/t8-/m0/s1. The summed E-state index contributed by atoms with van der Waals surface area (Å²) in [5, 5.41) is 10.0. The zero-order chi connectivity index (χ0) is 12.3. The highest BCUT2D eigenvalue weighted by molar-refractivity contribution is 7.99. The molecule has 0 radical (unpaired) electrons. The molecule has 5 heteroatoms. The van der Waals surface area contributed by atoms with Crippen molar-refractivity contribution in [3.05, 3.63) is 18.2 Å². The number of thioether (sulfide) groups is 1. The average molecular weight is 252 g/mol. The number of nitrogens with one attached hydrogen (secondary N) is 1. The number of aliphatic hydroxyl groups excluding tert-OH is 1. The maximum Gasteiger partial charge on any atom is 0.166 e. The maximum absolute atomic E-state index is 9.22. The molecule has 1 heterocycles. The molecule has 0 amide bonds. The summed E-state index contributed by atoms with van der Waals surface area (Å²) in [4.78, 5) is 7.64. The Morgan fingerprint density at radius 1 is 1.53 bits per heavy atom. The van der Waals surface area contributed by atoms with Crippen LogP contribution in [0.1, 0.15) is 13.8 Å². The molecule has 0 spiro atoms. The molecular weight excluding hydrogens is 236 g/mol. The summed E-state index contributed by atoms with van der Waals surface area (Å²) in [6, 6.07) is 5.79. The van der Waals surface area contributed by atoms with Gasteiger partial charge in [0.2, 0.25) is 0 Å². The number of aromatic nitrogens is 2. The third-order valence-corrected chi connectivity index (χ3v) is 3.32. The van der Waals surface area contributed by atoms with E-state index in [4.69, 9.17) is 4.74 Å². The minimum Gasteiger partial charge on any atom is -0.494 e. The average Bonchev–Trinajstić information content (AvgIpc) is 2.69. The van der Waals surface area contributed by atoms with Gasteiger partial charge in [-0.1, -0.05) is 11.8 Å². The van der Waals surface area contributed by atoms with E-state index in [0.717, 1.165) is 21.9 Å². The Balaban J connectivity index is 2.18. The van der Waals surface area contributed by atoms with E-state index in [2.05, 4.69) is 9.97 Å². The van der Waals surface area contributed by atoms with Gasteiger partial charge >= 0.3 is 0 Å². The smallest absolute Gasteiger partial charge is 0.166 e. The molecule has 0 fully saturated rings. The van der Waals surface area contributed by atoms with Crippen LogP contribution in [-0.4, -0.2) is 33.5 Å². The molecule has 0 saturated carbocycles. The van der Waals surface area contributed by atoms with Gasteiger partial charge in [0.25, 0.3) is 0 Å². The number of H-pyrrole nitrogens is 1. The van der Waals surface area contributed by atoms with E-state index in [1.54, 1.807) is 6.92 Å². The third-order valence-electron chi connectivity index (χ3n) is 2.20. The second-order valence-corrected chi connectivity index (χ2v) is 4.82. The van der Waals surface area contributed by atoms with E-state index in [1.165, 1.54) is 11.8 Å². The number of aliphatic hydroxyl groups is 1. The van der Waals surface area contributed by atoms with E-state index in [-0.39, 0.29) is 6.10 Å². The van der Waals surface area contributed by atoms with Crippen molar-refractivity contribution in [3.8, 4) is 5.75 Å². The van der Waals surface area contributed by atoms with Crippen LogP contribution in [0.4, 0.5) is 0 Å². The fraction of sp³-hybridized carbons (Fsp3) is 0.417. The summed E-state index contributed by atoms with van der Waals surface area (Å²) in [5.41, 5.74) is 1.88. The van der Waals surface area contributed by atoms with Crippen molar-refractivity contribution in [1.82, 2.24) is 9.97 Å². The van der Waals surface area contributed by atoms with Gasteiger partial charge < -0.3 is 14.8 Å². The highest BCUT2D eigenvalue weighted by Gasteiger charge is 2.06. The number of nitrogens with zero attached hydrogens (tertiary/aromatic N) is 1. The summed E-state index contributed by atoms with van der Waals surface area (Å²) in [5.74, 6) is 1.48. The fourth-order valence-electron chi connectivity index (χ4n) is 1.49. The Morgan fingerprint density at radius 2 is 2.35 bits per heavy atom. The summed E-state index contributed by atoms with van der Waals surface area (Å²) in [6.07, 6.45) is -0.327. The van der Waals surface area contributed by atoms with Crippen molar-refractivity contribution in [2.24, 2.45) is 0 Å². The molecule has 0 saturated heterocycles. The molecule has 1 atom stereocenters. The molecule has 1 aromatic heterocycles. The minimum atomic E-state index is -0.327. The SMILES string of the molecule is CCOc1ccc2nc(SC[C@H](C)O)[nH]c2c1. The molecule has 1 aromatic carbocycles. The molecule has 0 bridgehead atoms. The lowest BCUT2D eigenvalue weighted by Gasteiger charge is -2.01. The van der Waals surface area contributed by atoms with Crippen molar-refractivity contribution in [2.75, 3.05) is 12.4 Å². The van der Waals surface area contributed by atoms with Crippen LogP contribution in [0.2, 0.25) is 0 Å². The van der Waals surface area contributed by atoms with Gasteiger partial charge in [-0.25, -0.2) is 4.98 Å². The van der Waals surface area contributed by atoms with E-state index in [0.29, 0.717) is 12.4 Å². The number of aromatic amines is 1. The van der Waals surface area contributed by atoms with E-state index < -0.39 is 0 Å². The van der Waals surface area contributed by atoms with Gasteiger partial charge in [-0.3, -0.25) is 0 Å². The summed E-state index contributed by atoms with van der Waals surface area (Å²) >= 11 is 1.52. The van der Waals surface area contributed by atoms with Crippen molar-refractivity contribution < 1.29 is 9.84 Å².